The van der Waals surface area contributed by atoms with E-state index >= 15 is 0 Å². The molecule has 0 bridgehead atoms. The number of esters is 1. The molecule has 122 valence electrons. The molecule has 1 unspecified atom stereocenters. The first-order valence-corrected chi connectivity index (χ1v) is 7.95. The molecule has 1 aliphatic rings. The van der Waals surface area contributed by atoms with E-state index in [0.717, 1.165) is 19.4 Å². The second kappa shape index (κ2) is 7.78. The van der Waals surface area contributed by atoms with Crippen LogP contribution in [-0.4, -0.2) is 49.1 Å². The molecular formula is C16H30N2O3. The fraction of sp³-hybridized carbons (Fsp3) is 0.875. The van der Waals surface area contributed by atoms with Crippen molar-refractivity contribution < 1.29 is 14.3 Å². The van der Waals surface area contributed by atoms with Gasteiger partial charge in [-0.2, -0.15) is 0 Å². The quantitative estimate of drug-likeness (QED) is 0.760. The Morgan fingerprint density at radius 3 is 2.57 bits per heavy atom. The first-order valence-electron chi connectivity index (χ1n) is 7.95. The number of hydrogen-bond donors (Lipinski definition) is 1. The first kappa shape index (κ1) is 18.0. The summed E-state index contributed by atoms with van der Waals surface area (Å²) >= 11 is 0. The third-order valence-corrected chi connectivity index (χ3v) is 3.90. The van der Waals surface area contributed by atoms with E-state index < -0.39 is 0 Å². The molecule has 0 spiro atoms. The van der Waals surface area contributed by atoms with Crippen LogP contribution >= 0.6 is 0 Å². The largest absolute Gasteiger partial charge is 0.465 e. The number of piperidine rings is 1. The maximum absolute atomic E-state index is 12.8. The van der Waals surface area contributed by atoms with Crippen LogP contribution in [0.2, 0.25) is 0 Å². The zero-order valence-corrected chi connectivity index (χ0v) is 14.1. The molecule has 5 nitrogen and oxygen atoms in total. The van der Waals surface area contributed by atoms with E-state index in [2.05, 4.69) is 19.2 Å². The Labute approximate surface area is 128 Å². The maximum Gasteiger partial charge on any atom is 0.325 e. The van der Waals surface area contributed by atoms with E-state index in [-0.39, 0.29) is 29.9 Å². The molecule has 0 aromatic rings. The molecule has 5 heteroatoms. The van der Waals surface area contributed by atoms with Crippen LogP contribution in [0.1, 0.15) is 47.5 Å². The van der Waals surface area contributed by atoms with Crippen LogP contribution in [0, 0.1) is 11.3 Å². The second-order valence-electron chi connectivity index (χ2n) is 6.90. The summed E-state index contributed by atoms with van der Waals surface area (Å²) in [6.07, 6.45) is 2.10. The summed E-state index contributed by atoms with van der Waals surface area (Å²) in [6, 6.07) is -0.223. The lowest BCUT2D eigenvalue weighted by molar-refractivity contribution is -0.151. The number of amides is 1. The van der Waals surface area contributed by atoms with Crippen molar-refractivity contribution in [1.29, 1.82) is 0 Å². The van der Waals surface area contributed by atoms with Gasteiger partial charge in [0.15, 0.2) is 0 Å². The summed E-state index contributed by atoms with van der Waals surface area (Å²) in [5.41, 5.74) is -0.0841. The topological polar surface area (TPSA) is 58.6 Å². The first-order chi connectivity index (χ1) is 9.77. The number of carbonyl (C=O) groups excluding carboxylic acids is 2. The highest BCUT2D eigenvalue weighted by Gasteiger charge is 2.39. The minimum atomic E-state index is -0.333. The molecule has 1 heterocycles. The van der Waals surface area contributed by atoms with Gasteiger partial charge >= 0.3 is 5.97 Å². The van der Waals surface area contributed by atoms with Crippen LogP contribution in [0.3, 0.4) is 0 Å². The lowest BCUT2D eigenvalue weighted by atomic mass is 9.77. The Bertz CT molecular complexity index is 367. The van der Waals surface area contributed by atoms with Crippen LogP contribution in [0.25, 0.3) is 0 Å². The van der Waals surface area contributed by atoms with Crippen molar-refractivity contribution in [2.24, 2.45) is 11.3 Å². The summed E-state index contributed by atoms with van der Waals surface area (Å²) in [5.74, 6) is -0.00310. The fourth-order valence-corrected chi connectivity index (χ4v) is 2.85. The minimum absolute atomic E-state index is 0.0152. The van der Waals surface area contributed by atoms with Gasteiger partial charge in [-0.25, -0.2) is 0 Å². The molecule has 0 radical (unpaired) electrons. The predicted molar refractivity (Wildman–Crippen MR) is 82.9 cm³/mol. The molecule has 0 aromatic carbocycles. The SMILES string of the molecule is CCOC(=O)CN(CC(C)C)C(=O)C1NCCCC1(C)C. The average Bonchev–Trinajstić information content (AvgIpc) is 2.36. The molecule has 0 aromatic heterocycles. The minimum Gasteiger partial charge on any atom is -0.465 e. The molecule has 0 saturated carbocycles. The summed E-state index contributed by atoms with van der Waals surface area (Å²) in [6.45, 7) is 11.9. The van der Waals surface area contributed by atoms with E-state index in [0.29, 0.717) is 19.1 Å². The zero-order valence-electron chi connectivity index (χ0n) is 14.1. The third-order valence-electron chi connectivity index (χ3n) is 3.90. The van der Waals surface area contributed by atoms with Gasteiger partial charge in [0, 0.05) is 6.54 Å². The van der Waals surface area contributed by atoms with E-state index in [4.69, 9.17) is 4.74 Å². The Balaban J connectivity index is 2.80. The van der Waals surface area contributed by atoms with Crippen molar-refractivity contribution in [3.8, 4) is 0 Å². The number of nitrogens with zero attached hydrogens (tertiary/aromatic N) is 1. The Morgan fingerprint density at radius 1 is 1.38 bits per heavy atom. The smallest absolute Gasteiger partial charge is 0.325 e. The van der Waals surface area contributed by atoms with Crippen LogP contribution in [0.15, 0.2) is 0 Å². The average molecular weight is 298 g/mol. The zero-order chi connectivity index (χ0) is 16.0. The van der Waals surface area contributed by atoms with Gasteiger partial charge in [-0.05, 0) is 37.6 Å². The van der Waals surface area contributed by atoms with E-state index in [9.17, 15) is 9.59 Å². The normalized spacial score (nSPS) is 21.1. The van der Waals surface area contributed by atoms with E-state index in [1.54, 1.807) is 11.8 Å². The van der Waals surface area contributed by atoms with Crippen molar-refractivity contribution >= 4 is 11.9 Å². The standard InChI is InChI=1S/C16H30N2O3/c1-6-21-13(19)11-18(10-12(2)3)15(20)14-16(4,5)8-7-9-17-14/h12,14,17H,6-11H2,1-5H3. The van der Waals surface area contributed by atoms with Gasteiger partial charge in [-0.1, -0.05) is 27.7 Å². The van der Waals surface area contributed by atoms with Crippen molar-refractivity contribution in [3.05, 3.63) is 0 Å². The van der Waals surface area contributed by atoms with Crippen molar-refractivity contribution in [2.45, 2.75) is 53.5 Å². The molecule has 1 atom stereocenters. The summed E-state index contributed by atoms with van der Waals surface area (Å²) in [5, 5.41) is 3.32. The molecule has 1 amide bonds. The number of carbonyl (C=O) groups is 2. The molecule has 1 saturated heterocycles. The van der Waals surface area contributed by atoms with Gasteiger partial charge in [0.1, 0.15) is 6.54 Å². The fourth-order valence-electron chi connectivity index (χ4n) is 2.85. The Hall–Kier alpha value is -1.10. The van der Waals surface area contributed by atoms with Gasteiger partial charge in [-0.15, -0.1) is 0 Å². The Kier molecular flexibility index (Phi) is 6.65. The lowest BCUT2D eigenvalue weighted by Crippen LogP contribution is -2.57. The number of ether oxygens (including phenoxy) is 1. The number of rotatable bonds is 6. The number of nitrogens with one attached hydrogen (secondary N) is 1. The molecular weight excluding hydrogens is 268 g/mol. The van der Waals surface area contributed by atoms with Crippen LogP contribution in [0.4, 0.5) is 0 Å². The monoisotopic (exact) mass is 298 g/mol. The van der Waals surface area contributed by atoms with Gasteiger partial charge in [-0.3, -0.25) is 9.59 Å². The Morgan fingerprint density at radius 2 is 2.05 bits per heavy atom. The van der Waals surface area contributed by atoms with E-state index in [1.807, 2.05) is 13.8 Å². The van der Waals surface area contributed by atoms with Crippen LogP contribution in [0.5, 0.6) is 0 Å². The molecule has 1 N–H and O–H groups in total. The van der Waals surface area contributed by atoms with Gasteiger partial charge in [0.25, 0.3) is 0 Å². The van der Waals surface area contributed by atoms with Crippen molar-refractivity contribution in [2.75, 3.05) is 26.2 Å². The van der Waals surface area contributed by atoms with Gasteiger partial charge < -0.3 is 15.0 Å². The third kappa shape index (κ3) is 5.30. The summed E-state index contributed by atoms with van der Waals surface area (Å²) in [4.78, 5) is 26.2. The number of hydrogen-bond acceptors (Lipinski definition) is 4. The molecule has 1 rings (SSSR count). The lowest BCUT2D eigenvalue weighted by Gasteiger charge is -2.41. The molecule has 1 aliphatic heterocycles. The molecule has 1 fully saturated rings. The highest BCUT2D eigenvalue weighted by atomic mass is 16.5. The van der Waals surface area contributed by atoms with Gasteiger partial charge in [0.05, 0.1) is 12.6 Å². The molecule has 21 heavy (non-hydrogen) atoms. The second-order valence-corrected chi connectivity index (χ2v) is 6.90. The predicted octanol–water partition coefficient (Wildman–Crippen LogP) is 1.81. The van der Waals surface area contributed by atoms with Crippen LogP contribution in [-0.2, 0) is 14.3 Å². The maximum atomic E-state index is 12.8. The summed E-state index contributed by atoms with van der Waals surface area (Å²) in [7, 11) is 0. The van der Waals surface area contributed by atoms with Gasteiger partial charge in [0.2, 0.25) is 5.91 Å². The van der Waals surface area contributed by atoms with Crippen LogP contribution < -0.4 is 5.32 Å². The highest BCUT2D eigenvalue weighted by molar-refractivity contribution is 5.86. The summed E-state index contributed by atoms with van der Waals surface area (Å²) < 4.78 is 4.99. The van der Waals surface area contributed by atoms with Crippen molar-refractivity contribution in [3.63, 3.8) is 0 Å². The highest BCUT2D eigenvalue weighted by Crippen LogP contribution is 2.31. The van der Waals surface area contributed by atoms with E-state index in [1.165, 1.54) is 0 Å². The molecule has 0 aliphatic carbocycles. The van der Waals surface area contributed by atoms with Crippen molar-refractivity contribution in [1.82, 2.24) is 10.2 Å².